The maximum absolute atomic E-state index is 12.4. The summed E-state index contributed by atoms with van der Waals surface area (Å²) >= 11 is 6.07. The molecule has 1 saturated carbocycles. The van der Waals surface area contributed by atoms with Crippen molar-refractivity contribution in [3.05, 3.63) is 22.7 Å². The Kier molecular flexibility index (Phi) is 5.88. The summed E-state index contributed by atoms with van der Waals surface area (Å²) < 4.78 is 5.25. The van der Waals surface area contributed by atoms with Crippen molar-refractivity contribution < 1.29 is 14.3 Å². The molecule has 126 valence electrons. The Morgan fingerprint density at radius 2 is 2.00 bits per heavy atom. The summed E-state index contributed by atoms with van der Waals surface area (Å²) in [4.78, 5) is 25.9. The Labute approximate surface area is 141 Å². The van der Waals surface area contributed by atoms with E-state index in [4.69, 9.17) is 16.3 Å². The van der Waals surface area contributed by atoms with Gasteiger partial charge in [-0.2, -0.15) is 0 Å². The van der Waals surface area contributed by atoms with Crippen molar-refractivity contribution in [2.45, 2.75) is 45.6 Å². The SMILES string of the molecule is COc1cc(Cl)c(C)cc1NC(=O)CN(C(C)=O)C1CCCC1. The number of nitrogens with one attached hydrogen (secondary N) is 1. The fourth-order valence-electron chi connectivity index (χ4n) is 2.99. The molecule has 0 radical (unpaired) electrons. The molecule has 0 atom stereocenters. The number of rotatable bonds is 5. The second-order valence-electron chi connectivity index (χ2n) is 5.94. The number of amides is 2. The first-order chi connectivity index (χ1) is 10.9. The minimum atomic E-state index is -0.230. The first-order valence-electron chi connectivity index (χ1n) is 7.83. The summed E-state index contributed by atoms with van der Waals surface area (Å²) in [7, 11) is 1.52. The highest BCUT2D eigenvalue weighted by atomic mass is 35.5. The fraction of sp³-hybridized carbons (Fsp3) is 0.529. The molecule has 23 heavy (non-hydrogen) atoms. The quantitative estimate of drug-likeness (QED) is 0.895. The standard InChI is InChI=1S/C17H23ClN2O3/c1-11-8-15(16(23-3)9-14(11)18)19-17(22)10-20(12(2)21)13-6-4-5-7-13/h8-9,13H,4-7,10H2,1-3H3,(H,19,22). The van der Waals surface area contributed by atoms with E-state index in [9.17, 15) is 9.59 Å². The number of hydrogen-bond acceptors (Lipinski definition) is 3. The smallest absolute Gasteiger partial charge is 0.244 e. The predicted octanol–water partition coefficient (Wildman–Crippen LogP) is 3.39. The number of benzene rings is 1. The first kappa shape index (κ1) is 17.6. The van der Waals surface area contributed by atoms with Gasteiger partial charge in [-0.25, -0.2) is 0 Å². The highest BCUT2D eigenvalue weighted by Crippen LogP contribution is 2.31. The van der Waals surface area contributed by atoms with Crippen LogP contribution in [-0.2, 0) is 9.59 Å². The van der Waals surface area contributed by atoms with Crippen LogP contribution in [0, 0.1) is 6.92 Å². The Morgan fingerprint density at radius 1 is 1.35 bits per heavy atom. The fourth-order valence-corrected chi connectivity index (χ4v) is 3.14. The van der Waals surface area contributed by atoms with Crippen molar-refractivity contribution in [3.63, 3.8) is 0 Å². The van der Waals surface area contributed by atoms with Crippen LogP contribution in [0.1, 0.15) is 38.2 Å². The minimum absolute atomic E-state index is 0.0603. The molecule has 0 saturated heterocycles. The molecule has 1 aromatic carbocycles. The molecule has 0 unspecified atom stereocenters. The zero-order valence-electron chi connectivity index (χ0n) is 13.8. The highest BCUT2D eigenvalue weighted by Gasteiger charge is 2.26. The van der Waals surface area contributed by atoms with Crippen LogP contribution in [0.5, 0.6) is 5.75 Å². The lowest BCUT2D eigenvalue weighted by Crippen LogP contribution is -2.42. The van der Waals surface area contributed by atoms with Gasteiger partial charge in [0.15, 0.2) is 0 Å². The average Bonchev–Trinajstić information content (AvgIpc) is 3.02. The second kappa shape index (κ2) is 7.68. The van der Waals surface area contributed by atoms with E-state index >= 15 is 0 Å². The normalized spacial score (nSPS) is 14.6. The van der Waals surface area contributed by atoms with Gasteiger partial charge in [-0.1, -0.05) is 24.4 Å². The van der Waals surface area contributed by atoms with E-state index in [2.05, 4.69) is 5.32 Å². The summed E-state index contributed by atoms with van der Waals surface area (Å²) in [5.41, 5.74) is 1.41. The van der Waals surface area contributed by atoms with Gasteiger partial charge in [-0.15, -0.1) is 0 Å². The Hall–Kier alpha value is -1.75. The Bertz CT molecular complexity index is 598. The molecule has 1 fully saturated rings. The van der Waals surface area contributed by atoms with Crippen molar-refractivity contribution in [1.82, 2.24) is 4.90 Å². The van der Waals surface area contributed by atoms with E-state index in [1.807, 2.05) is 6.92 Å². The molecule has 1 aliphatic carbocycles. The lowest BCUT2D eigenvalue weighted by Gasteiger charge is -2.27. The van der Waals surface area contributed by atoms with E-state index in [0.717, 1.165) is 31.2 Å². The summed E-state index contributed by atoms with van der Waals surface area (Å²) in [5, 5.41) is 3.40. The molecule has 0 spiro atoms. The molecule has 1 N–H and O–H groups in total. The van der Waals surface area contributed by atoms with Crippen LogP contribution < -0.4 is 10.1 Å². The third-order valence-corrected chi connectivity index (χ3v) is 4.65. The van der Waals surface area contributed by atoms with Gasteiger partial charge in [-0.05, 0) is 31.4 Å². The van der Waals surface area contributed by atoms with Gasteiger partial charge in [0, 0.05) is 24.1 Å². The summed E-state index contributed by atoms with van der Waals surface area (Å²) in [5.74, 6) is 0.211. The Morgan fingerprint density at radius 3 is 2.57 bits per heavy atom. The zero-order chi connectivity index (χ0) is 17.0. The molecular formula is C17H23ClN2O3. The summed E-state index contributed by atoms with van der Waals surface area (Å²) in [6, 6.07) is 3.62. The van der Waals surface area contributed by atoms with Gasteiger partial charge >= 0.3 is 0 Å². The number of carbonyl (C=O) groups is 2. The number of carbonyl (C=O) groups excluding carboxylic acids is 2. The van der Waals surface area contributed by atoms with E-state index in [0.29, 0.717) is 16.5 Å². The number of methoxy groups -OCH3 is 1. The minimum Gasteiger partial charge on any atom is -0.495 e. The van der Waals surface area contributed by atoms with Crippen molar-refractivity contribution in [2.24, 2.45) is 0 Å². The number of hydrogen-bond donors (Lipinski definition) is 1. The Balaban J connectivity index is 2.09. The van der Waals surface area contributed by atoms with Crippen LogP contribution in [0.2, 0.25) is 5.02 Å². The largest absolute Gasteiger partial charge is 0.495 e. The van der Waals surface area contributed by atoms with E-state index in [1.54, 1.807) is 17.0 Å². The summed E-state index contributed by atoms with van der Waals surface area (Å²) in [6.45, 7) is 3.43. The van der Waals surface area contributed by atoms with Gasteiger partial charge in [0.25, 0.3) is 0 Å². The highest BCUT2D eigenvalue weighted by molar-refractivity contribution is 6.31. The zero-order valence-corrected chi connectivity index (χ0v) is 14.6. The van der Waals surface area contributed by atoms with Crippen LogP contribution in [0.3, 0.4) is 0 Å². The molecule has 0 aromatic heterocycles. The van der Waals surface area contributed by atoms with Crippen molar-refractivity contribution >= 4 is 29.1 Å². The maximum atomic E-state index is 12.4. The van der Waals surface area contributed by atoms with Crippen LogP contribution in [0.4, 0.5) is 5.69 Å². The second-order valence-corrected chi connectivity index (χ2v) is 6.34. The summed E-state index contributed by atoms with van der Waals surface area (Å²) in [6.07, 6.45) is 4.16. The van der Waals surface area contributed by atoms with Gasteiger partial charge in [0.2, 0.25) is 11.8 Å². The molecule has 2 rings (SSSR count). The van der Waals surface area contributed by atoms with Crippen molar-refractivity contribution in [2.75, 3.05) is 19.0 Å². The number of halogens is 1. The molecule has 0 bridgehead atoms. The average molecular weight is 339 g/mol. The molecule has 1 aromatic rings. The monoisotopic (exact) mass is 338 g/mol. The third kappa shape index (κ3) is 4.38. The lowest BCUT2D eigenvalue weighted by atomic mass is 10.2. The van der Waals surface area contributed by atoms with Crippen molar-refractivity contribution in [1.29, 1.82) is 0 Å². The number of ether oxygens (including phenoxy) is 1. The van der Waals surface area contributed by atoms with Gasteiger partial charge < -0.3 is 15.0 Å². The third-order valence-electron chi connectivity index (χ3n) is 4.24. The topological polar surface area (TPSA) is 58.6 Å². The molecule has 0 heterocycles. The van der Waals surface area contributed by atoms with Crippen LogP contribution in [-0.4, -0.2) is 36.4 Å². The van der Waals surface area contributed by atoms with E-state index in [1.165, 1.54) is 14.0 Å². The van der Waals surface area contributed by atoms with E-state index < -0.39 is 0 Å². The van der Waals surface area contributed by atoms with Crippen LogP contribution >= 0.6 is 11.6 Å². The molecule has 1 aliphatic rings. The van der Waals surface area contributed by atoms with Crippen molar-refractivity contribution in [3.8, 4) is 5.75 Å². The lowest BCUT2D eigenvalue weighted by molar-refractivity contribution is -0.135. The number of aryl methyl sites for hydroxylation is 1. The van der Waals surface area contributed by atoms with Gasteiger partial charge in [0.05, 0.1) is 12.8 Å². The molecule has 2 amide bonds. The number of anilines is 1. The first-order valence-corrected chi connectivity index (χ1v) is 8.21. The van der Waals surface area contributed by atoms with Gasteiger partial charge in [-0.3, -0.25) is 9.59 Å². The number of nitrogens with zero attached hydrogens (tertiary/aromatic N) is 1. The van der Waals surface area contributed by atoms with Crippen LogP contribution in [0.15, 0.2) is 12.1 Å². The van der Waals surface area contributed by atoms with Crippen LogP contribution in [0.25, 0.3) is 0 Å². The molecule has 5 nitrogen and oxygen atoms in total. The molecule has 0 aliphatic heterocycles. The predicted molar refractivity (Wildman–Crippen MR) is 91.0 cm³/mol. The maximum Gasteiger partial charge on any atom is 0.244 e. The van der Waals surface area contributed by atoms with E-state index in [-0.39, 0.29) is 24.4 Å². The van der Waals surface area contributed by atoms with Gasteiger partial charge in [0.1, 0.15) is 12.3 Å². The molecular weight excluding hydrogens is 316 g/mol. The molecule has 6 heteroatoms.